The first-order valence-electron chi connectivity index (χ1n) is 12.2. The van der Waals surface area contributed by atoms with E-state index >= 15 is 0 Å². The largest absolute Gasteiger partial charge is 0.353 e. The number of amides is 3. The van der Waals surface area contributed by atoms with Crippen molar-refractivity contribution >= 4 is 46.8 Å². The van der Waals surface area contributed by atoms with E-state index in [9.17, 15) is 9.59 Å². The molecule has 2 fully saturated rings. The number of piperazine rings is 1. The number of urea groups is 1. The van der Waals surface area contributed by atoms with Gasteiger partial charge in [0.15, 0.2) is 5.16 Å². The monoisotopic (exact) mass is 516 g/mol. The first-order chi connectivity index (χ1) is 16.9. The van der Waals surface area contributed by atoms with Crippen LogP contribution in [0.2, 0.25) is 5.15 Å². The molecule has 3 amide bonds. The van der Waals surface area contributed by atoms with Crippen molar-refractivity contribution in [3.63, 3.8) is 0 Å². The molecule has 1 atom stereocenters. The topological polar surface area (TPSA) is 90.5 Å². The lowest BCUT2D eigenvalue weighted by atomic mass is 9.95. The van der Waals surface area contributed by atoms with Crippen LogP contribution in [0.4, 0.5) is 16.3 Å². The van der Waals surface area contributed by atoms with Gasteiger partial charge in [0.05, 0.1) is 5.75 Å². The van der Waals surface area contributed by atoms with Gasteiger partial charge in [-0.15, -0.1) is 0 Å². The first-order valence-corrected chi connectivity index (χ1v) is 13.6. The van der Waals surface area contributed by atoms with Crippen LogP contribution in [0.15, 0.2) is 35.5 Å². The van der Waals surface area contributed by atoms with Gasteiger partial charge in [0.25, 0.3) is 0 Å². The molecule has 1 aromatic carbocycles. The Morgan fingerprint density at radius 3 is 2.69 bits per heavy atom. The van der Waals surface area contributed by atoms with Gasteiger partial charge in [0.2, 0.25) is 5.91 Å². The van der Waals surface area contributed by atoms with Crippen LogP contribution in [0.5, 0.6) is 0 Å². The lowest BCUT2D eigenvalue weighted by Gasteiger charge is -2.40. The first kappa shape index (κ1) is 25.6. The number of carbonyl (C=O) groups is 2. The summed E-state index contributed by atoms with van der Waals surface area (Å²) in [5.74, 6) is 0.985. The van der Waals surface area contributed by atoms with Crippen molar-refractivity contribution in [1.29, 1.82) is 0 Å². The number of rotatable bonds is 6. The molecule has 0 radical (unpaired) electrons. The van der Waals surface area contributed by atoms with Crippen LogP contribution in [0, 0.1) is 6.92 Å². The van der Waals surface area contributed by atoms with E-state index in [2.05, 4.69) is 25.5 Å². The number of benzene rings is 1. The predicted molar refractivity (Wildman–Crippen MR) is 141 cm³/mol. The van der Waals surface area contributed by atoms with Crippen molar-refractivity contribution in [3.05, 3.63) is 41.0 Å². The Balaban J connectivity index is 1.32. The van der Waals surface area contributed by atoms with E-state index < -0.39 is 0 Å². The zero-order chi connectivity index (χ0) is 24.8. The van der Waals surface area contributed by atoms with Crippen LogP contribution >= 0.6 is 23.4 Å². The fourth-order valence-electron chi connectivity index (χ4n) is 4.64. The fraction of sp³-hybridized carbons (Fsp3) is 0.520. The number of hydrogen-bond acceptors (Lipinski definition) is 6. The molecule has 2 aliphatic rings. The number of hydrogen-bond donors (Lipinski definition) is 2. The van der Waals surface area contributed by atoms with Crippen LogP contribution in [-0.4, -0.2) is 64.3 Å². The van der Waals surface area contributed by atoms with Crippen LogP contribution in [0.3, 0.4) is 0 Å². The summed E-state index contributed by atoms with van der Waals surface area (Å²) < 4.78 is 0. The van der Waals surface area contributed by atoms with Gasteiger partial charge in [0.1, 0.15) is 11.0 Å². The maximum absolute atomic E-state index is 12.8. The van der Waals surface area contributed by atoms with Crippen LogP contribution < -0.4 is 15.5 Å². The molecule has 1 aliphatic heterocycles. The molecule has 35 heavy (non-hydrogen) atoms. The van der Waals surface area contributed by atoms with Crippen molar-refractivity contribution in [2.75, 3.05) is 35.6 Å². The molecule has 2 N–H and O–H groups in total. The average molecular weight is 517 g/mol. The lowest BCUT2D eigenvalue weighted by molar-refractivity contribution is -0.119. The number of carbonyl (C=O) groups excluding carboxylic acids is 2. The highest BCUT2D eigenvalue weighted by atomic mass is 35.5. The third kappa shape index (κ3) is 7.24. The molecule has 1 saturated heterocycles. The maximum atomic E-state index is 12.8. The Kier molecular flexibility index (Phi) is 8.73. The van der Waals surface area contributed by atoms with Gasteiger partial charge in [-0.3, -0.25) is 4.79 Å². The van der Waals surface area contributed by atoms with Gasteiger partial charge in [-0.2, -0.15) is 0 Å². The molecule has 4 rings (SSSR count). The van der Waals surface area contributed by atoms with Crippen LogP contribution in [0.25, 0.3) is 0 Å². The van der Waals surface area contributed by atoms with Gasteiger partial charge in [-0.1, -0.05) is 54.8 Å². The number of anilines is 2. The van der Waals surface area contributed by atoms with E-state index in [1.54, 1.807) is 6.07 Å². The SMILES string of the molecule is Cc1cccc(NC(=O)N2CCN(c3cc(Cl)nc(SCC(=O)NC4CCCCC4)n3)CC2C)c1. The van der Waals surface area contributed by atoms with E-state index in [4.69, 9.17) is 11.6 Å². The Labute approximate surface area is 216 Å². The molecular weight excluding hydrogens is 484 g/mol. The smallest absolute Gasteiger partial charge is 0.322 e. The Morgan fingerprint density at radius 1 is 1.14 bits per heavy atom. The van der Waals surface area contributed by atoms with Gasteiger partial charge in [-0.25, -0.2) is 14.8 Å². The molecule has 2 heterocycles. The molecule has 10 heteroatoms. The summed E-state index contributed by atoms with van der Waals surface area (Å²) in [6.07, 6.45) is 5.73. The van der Waals surface area contributed by atoms with E-state index in [1.807, 2.05) is 43.0 Å². The minimum absolute atomic E-state index is 0.00823. The number of nitrogens with one attached hydrogen (secondary N) is 2. The maximum Gasteiger partial charge on any atom is 0.322 e. The fourth-order valence-corrected chi connectivity index (χ4v) is 5.54. The standard InChI is InChI=1S/C25H33ClN6O2S/c1-17-7-6-10-20(13-17)28-25(34)32-12-11-31(15-18(32)2)22-14-21(26)29-24(30-22)35-16-23(33)27-19-8-4-3-5-9-19/h6-7,10,13-14,18-19H,3-5,8-9,11-12,15-16H2,1-2H3,(H,27,33)(H,28,34). The van der Waals surface area contributed by atoms with E-state index in [0.717, 1.165) is 24.1 Å². The Morgan fingerprint density at radius 2 is 1.94 bits per heavy atom. The molecule has 1 aliphatic carbocycles. The second-order valence-corrected chi connectivity index (χ2v) is 10.6. The summed E-state index contributed by atoms with van der Waals surface area (Å²) in [4.78, 5) is 38.1. The molecular formula is C25H33ClN6O2S. The van der Waals surface area contributed by atoms with E-state index in [0.29, 0.717) is 35.8 Å². The second-order valence-electron chi connectivity index (χ2n) is 9.31. The highest BCUT2D eigenvalue weighted by Crippen LogP contribution is 2.25. The summed E-state index contributed by atoms with van der Waals surface area (Å²) in [5.41, 5.74) is 1.89. The minimum Gasteiger partial charge on any atom is -0.353 e. The molecule has 188 valence electrons. The molecule has 1 saturated carbocycles. The number of thioether (sulfide) groups is 1. The highest BCUT2D eigenvalue weighted by molar-refractivity contribution is 7.99. The van der Waals surface area contributed by atoms with Gasteiger partial charge < -0.3 is 20.4 Å². The van der Waals surface area contributed by atoms with Crippen molar-refractivity contribution in [2.45, 2.75) is 63.2 Å². The molecule has 8 nitrogen and oxygen atoms in total. The minimum atomic E-state index is -0.108. The number of nitrogens with zero attached hydrogens (tertiary/aromatic N) is 4. The van der Waals surface area contributed by atoms with E-state index in [1.165, 1.54) is 31.0 Å². The van der Waals surface area contributed by atoms with Gasteiger partial charge in [0, 0.05) is 43.5 Å². The van der Waals surface area contributed by atoms with Crippen LogP contribution in [-0.2, 0) is 4.79 Å². The van der Waals surface area contributed by atoms with Crippen molar-refractivity contribution < 1.29 is 9.59 Å². The normalized spacial score (nSPS) is 18.9. The quantitative estimate of drug-likeness (QED) is 0.328. The highest BCUT2D eigenvalue weighted by Gasteiger charge is 2.29. The van der Waals surface area contributed by atoms with Gasteiger partial charge in [-0.05, 0) is 44.4 Å². The van der Waals surface area contributed by atoms with E-state index in [-0.39, 0.29) is 29.8 Å². The second kappa shape index (κ2) is 11.9. The number of aromatic nitrogens is 2. The summed E-state index contributed by atoms with van der Waals surface area (Å²) in [6, 6.07) is 9.68. The summed E-state index contributed by atoms with van der Waals surface area (Å²) in [5, 5.41) is 6.94. The molecule has 0 bridgehead atoms. The van der Waals surface area contributed by atoms with Crippen LogP contribution in [0.1, 0.15) is 44.6 Å². The van der Waals surface area contributed by atoms with Gasteiger partial charge >= 0.3 is 6.03 Å². The molecule has 2 aromatic rings. The average Bonchev–Trinajstić information content (AvgIpc) is 2.83. The third-order valence-electron chi connectivity index (χ3n) is 6.45. The van der Waals surface area contributed by atoms with Crippen molar-refractivity contribution in [1.82, 2.24) is 20.2 Å². The summed E-state index contributed by atoms with van der Waals surface area (Å²) in [6.45, 7) is 5.84. The summed E-state index contributed by atoms with van der Waals surface area (Å²) in [7, 11) is 0. The Bertz CT molecular complexity index is 1050. The van der Waals surface area contributed by atoms with Crippen molar-refractivity contribution in [2.24, 2.45) is 0 Å². The Hall–Kier alpha value is -2.52. The third-order valence-corrected chi connectivity index (χ3v) is 7.49. The zero-order valence-corrected chi connectivity index (χ0v) is 21.9. The molecule has 0 spiro atoms. The molecule has 1 aromatic heterocycles. The zero-order valence-electron chi connectivity index (χ0n) is 20.3. The number of aryl methyl sites for hydroxylation is 1. The molecule has 1 unspecified atom stereocenters. The lowest BCUT2D eigenvalue weighted by Crippen LogP contribution is -2.55. The summed E-state index contributed by atoms with van der Waals surface area (Å²) >= 11 is 7.59. The predicted octanol–water partition coefficient (Wildman–Crippen LogP) is 4.72. The number of halogens is 1. The van der Waals surface area contributed by atoms with Crippen molar-refractivity contribution in [3.8, 4) is 0 Å².